The van der Waals surface area contributed by atoms with Crippen LogP contribution < -0.4 is 0 Å². The molecule has 1 aliphatic carbocycles. The molecular weight excluding hydrogens is 254 g/mol. The van der Waals surface area contributed by atoms with Gasteiger partial charge in [0.1, 0.15) is 4.34 Å². The van der Waals surface area contributed by atoms with Crippen molar-refractivity contribution in [1.82, 2.24) is 4.98 Å². The maximum absolute atomic E-state index is 10.7. The summed E-state index contributed by atoms with van der Waals surface area (Å²) < 4.78 is 1.03. The zero-order chi connectivity index (χ0) is 12.3. The van der Waals surface area contributed by atoms with Crippen molar-refractivity contribution in [2.75, 3.05) is 5.75 Å². The minimum absolute atomic E-state index is 0.105. The van der Waals surface area contributed by atoms with Crippen molar-refractivity contribution in [2.45, 2.75) is 43.4 Å². The lowest BCUT2D eigenvalue weighted by Gasteiger charge is -2.05. The number of carboxylic acid groups (broad SMARTS) is 1. The first-order valence-corrected chi connectivity index (χ1v) is 7.76. The number of hydrogen-bond donors (Lipinski definition) is 1. The number of thioether (sulfide) groups is 1. The molecule has 0 saturated heterocycles. The van der Waals surface area contributed by atoms with Crippen LogP contribution in [0.2, 0.25) is 0 Å². The predicted molar refractivity (Wildman–Crippen MR) is 70.9 cm³/mol. The van der Waals surface area contributed by atoms with Crippen LogP contribution in [0.4, 0.5) is 0 Å². The van der Waals surface area contributed by atoms with E-state index in [9.17, 15) is 4.79 Å². The van der Waals surface area contributed by atoms with Crippen molar-refractivity contribution in [3.8, 4) is 0 Å². The van der Waals surface area contributed by atoms with Gasteiger partial charge in [-0.2, -0.15) is 0 Å². The van der Waals surface area contributed by atoms with Gasteiger partial charge in [-0.1, -0.05) is 24.6 Å². The molecule has 0 radical (unpaired) electrons. The third-order valence-corrected chi connectivity index (χ3v) is 5.63. The van der Waals surface area contributed by atoms with Crippen LogP contribution in [-0.2, 0) is 11.2 Å². The maximum Gasteiger partial charge on any atom is 0.308 e. The van der Waals surface area contributed by atoms with E-state index in [1.807, 2.05) is 6.92 Å². The Bertz CT molecular complexity index is 397. The molecule has 1 aliphatic rings. The van der Waals surface area contributed by atoms with Gasteiger partial charge in [0.25, 0.3) is 0 Å². The summed E-state index contributed by atoms with van der Waals surface area (Å²) in [5.41, 5.74) is 0.881. The molecule has 5 heteroatoms. The van der Waals surface area contributed by atoms with E-state index in [4.69, 9.17) is 5.11 Å². The zero-order valence-electron chi connectivity index (χ0n) is 9.94. The lowest BCUT2D eigenvalue weighted by atomic mass is 10.1. The number of thiazole rings is 1. The van der Waals surface area contributed by atoms with Gasteiger partial charge in [0.15, 0.2) is 0 Å². The average molecular weight is 271 g/mol. The highest BCUT2D eigenvalue weighted by Gasteiger charge is 2.17. The van der Waals surface area contributed by atoms with Crippen LogP contribution in [-0.4, -0.2) is 21.8 Å². The van der Waals surface area contributed by atoms with Crippen molar-refractivity contribution < 1.29 is 9.90 Å². The standard InChI is InChI=1S/C12H17NO2S2/c1-8-10(6-11(14)15)17-12(13-8)16-7-9-4-2-3-5-9/h9H,2-7H2,1H3,(H,14,15). The molecular formula is C12H17NO2S2. The number of carboxylic acids is 1. The summed E-state index contributed by atoms with van der Waals surface area (Å²) in [4.78, 5) is 16.0. The second kappa shape index (κ2) is 5.87. The minimum atomic E-state index is -0.774. The van der Waals surface area contributed by atoms with Crippen molar-refractivity contribution in [1.29, 1.82) is 0 Å². The van der Waals surface area contributed by atoms with Crippen LogP contribution in [0.25, 0.3) is 0 Å². The van der Waals surface area contributed by atoms with Crippen LogP contribution in [0.3, 0.4) is 0 Å². The molecule has 1 saturated carbocycles. The van der Waals surface area contributed by atoms with E-state index < -0.39 is 5.97 Å². The third kappa shape index (κ3) is 3.71. The lowest BCUT2D eigenvalue weighted by Crippen LogP contribution is -1.99. The van der Waals surface area contributed by atoms with Gasteiger partial charge in [-0.15, -0.1) is 11.3 Å². The highest BCUT2D eigenvalue weighted by atomic mass is 32.2. The van der Waals surface area contributed by atoms with Gasteiger partial charge in [-0.25, -0.2) is 4.98 Å². The number of aromatic nitrogens is 1. The average Bonchev–Trinajstić information content (AvgIpc) is 2.86. The summed E-state index contributed by atoms with van der Waals surface area (Å²) in [6.07, 6.45) is 5.53. The molecule has 94 valence electrons. The Balaban J connectivity index is 1.90. The maximum atomic E-state index is 10.7. The summed E-state index contributed by atoms with van der Waals surface area (Å²) in [6.45, 7) is 1.90. The molecule has 2 rings (SSSR count). The smallest absolute Gasteiger partial charge is 0.308 e. The summed E-state index contributed by atoms with van der Waals surface area (Å²) in [6, 6.07) is 0. The van der Waals surface area contributed by atoms with E-state index in [2.05, 4.69) is 4.98 Å². The number of rotatable bonds is 5. The first-order valence-electron chi connectivity index (χ1n) is 5.96. The number of aryl methyl sites for hydroxylation is 1. The third-order valence-electron chi connectivity index (χ3n) is 3.10. The molecule has 0 unspecified atom stereocenters. The van der Waals surface area contributed by atoms with Crippen molar-refractivity contribution in [3.05, 3.63) is 10.6 Å². The van der Waals surface area contributed by atoms with Gasteiger partial charge in [0.05, 0.1) is 12.1 Å². The van der Waals surface area contributed by atoms with Gasteiger partial charge in [0.2, 0.25) is 0 Å². The predicted octanol–water partition coefficient (Wildman–Crippen LogP) is 3.36. The minimum Gasteiger partial charge on any atom is -0.481 e. The van der Waals surface area contributed by atoms with E-state index in [1.165, 1.54) is 25.7 Å². The van der Waals surface area contributed by atoms with Crippen LogP contribution in [0, 0.1) is 12.8 Å². The Morgan fingerprint density at radius 2 is 2.24 bits per heavy atom. The molecule has 0 amide bonds. The second-order valence-corrected chi connectivity index (χ2v) is 6.87. The molecule has 17 heavy (non-hydrogen) atoms. The summed E-state index contributed by atoms with van der Waals surface area (Å²) in [5, 5.41) is 8.78. The fraction of sp³-hybridized carbons (Fsp3) is 0.667. The summed E-state index contributed by atoms with van der Waals surface area (Å²) >= 11 is 3.34. The molecule has 0 aromatic carbocycles. The number of hydrogen-bond acceptors (Lipinski definition) is 4. The molecule has 1 aromatic heterocycles. The molecule has 1 N–H and O–H groups in total. The van der Waals surface area contributed by atoms with Gasteiger partial charge in [-0.05, 0) is 25.7 Å². The van der Waals surface area contributed by atoms with Gasteiger partial charge < -0.3 is 5.11 Å². The van der Waals surface area contributed by atoms with E-state index in [1.54, 1.807) is 23.1 Å². The Morgan fingerprint density at radius 1 is 1.53 bits per heavy atom. The molecule has 1 fully saturated rings. The number of nitrogens with zero attached hydrogens (tertiary/aromatic N) is 1. The Hall–Kier alpha value is -0.550. The van der Waals surface area contributed by atoms with E-state index in [0.29, 0.717) is 0 Å². The summed E-state index contributed by atoms with van der Waals surface area (Å²) in [5.74, 6) is 1.20. The van der Waals surface area contributed by atoms with Crippen molar-refractivity contribution >= 4 is 29.1 Å². The highest BCUT2D eigenvalue weighted by molar-refractivity contribution is 8.01. The van der Waals surface area contributed by atoms with Crippen LogP contribution in [0.15, 0.2) is 4.34 Å². The van der Waals surface area contributed by atoms with Crippen LogP contribution in [0.1, 0.15) is 36.3 Å². The largest absolute Gasteiger partial charge is 0.481 e. The fourth-order valence-electron chi connectivity index (χ4n) is 2.13. The molecule has 0 spiro atoms. The van der Waals surface area contributed by atoms with E-state index in [-0.39, 0.29) is 6.42 Å². The Morgan fingerprint density at radius 3 is 2.88 bits per heavy atom. The van der Waals surface area contributed by atoms with Crippen LogP contribution in [0.5, 0.6) is 0 Å². The van der Waals surface area contributed by atoms with Gasteiger partial charge >= 0.3 is 5.97 Å². The Kier molecular flexibility index (Phi) is 4.45. The van der Waals surface area contributed by atoms with Crippen molar-refractivity contribution in [3.63, 3.8) is 0 Å². The molecule has 1 heterocycles. The first kappa shape index (κ1) is 12.9. The molecule has 0 aliphatic heterocycles. The lowest BCUT2D eigenvalue weighted by molar-refractivity contribution is -0.136. The number of carbonyl (C=O) groups is 1. The SMILES string of the molecule is Cc1nc(SCC2CCCC2)sc1CC(=O)O. The van der Waals surface area contributed by atoms with E-state index in [0.717, 1.165) is 26.6 Å². The molecule has 0 bridgehead atoms. The zero-order valence-corrected chi connectivity index (χ0v) is 11.6. The topological polar surface area (TPSA) is 50.2 Å². The quantitative estimate of drug-likeness (QED) is 0.834. The fourth-order valence-corrected chi connectivity index (χ4v) is 4.57. The molecule has 3 nitrogen and oxygen atoms in total. The first-order chi connectivity index (χ1) is 8.15. The summed E-state index contributed by atoms with van der Waals surface area (Å²) in [7, 11) is 0. The van der Waals surface area contributed by atoms with Crippen molar-refractivity contribution in [2.24, 2.45) is 5.92 Å². The number of aliphatic carboxylic acids is 1. The molecule has 0 atom stereocenters. The second-order valence-electron chi connectivity index (χ2n) is 4.52. The van der Waals surface area contributed by atoms with E-state index >= 15 is 0 Å². The normalized spacial score (nSPS) is 16.5. The van der Waals surface area contributed by atoms with Gasteiger partial charge in [0, 0.05) is 10.6 Å². The van der Waals surface area contributed by atoms with Gasteiger partial charge in [-0.3, -0.25) is 4.79 Å². The monoisotopic (exact) mass is 271 g/mol. The Labute approximate surface area is 110 Å². The van der Waals surface area contributed by atoms with Crippen LogP contribution >= 0.6 is 23.1 Å². The highest BCUT2D eigenvalue weighted by Crippen LogP contribution is 2.33. The molecule has 1 aromatic rings.